The van der Waals surface area contributed by atoms with Crippen molar-refractivity contribution in [1.82, 2.24) is 4.90 Å². The maximum atomic E-state index is 14.5. The second-order valence-corrected chi connectivity index (χ2v) is 12.5. The van der Waals surface area contributed by atoms with Gasteiger partial charge >= 0.3 is 0 Å². The number of amides is 1. The fourth-order valence-corrected chi connectivity index (χ4v) is 7.60. The second-order valence-electron chi connectivity index (χ2n) is 12.5. The third kappa shape index (κ3) is 3.98. The topological polar surface area (TPSA) is 226 Å². The van der Waals surface area contributed by atoms with E-state index in [-0.39, 0.29) is 24.3 Å². The van der Waals surface area contributed by atoms with Crippen molar-refractivity contribution in [2.24, 2.45) is 34.5 Å². The summed E-state index contributed by atoms with van der Waals surface area (Å²) in [4.78, 5) is 71.8. The molecule has 2 aromatic rings. The molecule has 44 heavy (non-hydrogen) atoms. The lowest BCUT2D eigenvalue weighted by Gasteiger charge is -2.60. The highest BCUT2D eigenvalue weighted by atomic mass is 16.3. The summed E-state index contributed by atoms with van der Waals surface area (Å²) < 4.78 is 0. The van der Waals surface area contributed by atoms with Gasteiger partial charge in [-0.05, 0) is 50.7 Å². The lowest BCUT2D eigenvalue weighted by molar-refractivity contribution is -0.166. The van der Waals surface area contributed by atoms with Crippen molar-refractivity contribution in [2.75, 3.05) is 38.4 Å². The van der Waals surface area contributed by atoms with Crippen molar-refractivity contribution in [1.29, 1.82) is 5.26 Å². The standard InChI is InChI=1S/C31H35N7O6/c1-37(2)18-10-15(12-36-16-8-6-5-7-9-16)22(39)19-17(18)11-29(34)13-31(35)25(38(3)4)24(41)20(28(33)44)26(42)30(31,14-32)27(43)21(29)23(19)40/h5-10,20-21,25,36,39H,11-13,34-35H2,1-4H3,(H2,33,44)/t20?,21?,25-,29-,30+,31-/m1/s1. The average Bonchev–Trinajstić information content (AvgIpc) is 2.92. The number of carbonyl (C=O) groups is 5. The molecule has 0 aliphatic heterocycles. The van der Waals surface area contributed by atoms with Crippen LogP contribution in [0.5, 0.6) is 5.75 Å². The van der Waals surface area contributed by atoms with Crippen LogP contribution >= 0.6 is 0 Å². The van der Waals surface area contributed by atoms with Gasteiger partial charge < -0.3 is 32.5 Å². The molecule has 0 radical (unpaired) electrons. The van der Waals surface area contributed by atoms with Gasteiger partial charge in [-0.1, -0.05) is 18.2 Å². The van der Waals surface area contributed by atoms with Crippen molar-refractivity contribution < 1.29 is 29.1 Å². The number of carbonyl (C=O) groups excluding carboxylic acids is 5. The van der Waals surface area contributed by atoms with Gasteiger partial charge in [0.15, 0.2) is 34.5 Å². The first-order valence-corrected chi connectivity index (χ1v) is 14.0. The van der Waals surface area contributed by atoms with Crippen LogP contribution in [-0.2, 0) is 32.1 Å². The Morgan fingerprint density at radius 2 is 1.73 bits per heavy atom. The molecule has 8 N–H and O–H groups in total. The molecule has 0 heterocycles. The number of rotatable bonds is 6. The molecule has 3 aliphatic rings. The number of Topliss-reactive ketones (excluding diaryl/α,β-unsaturated/α-hetero) is 4. The van der Waals surface area contributed by atoms with E-state index in [4.69, 9.17) is 17.2 Å². The van der Waals surface area contributed by atoms with Gasteiger partial charge in [-0.3, -0.25) is 28.9 Å². The summed E-state index contributed by atoms with van der Waals surface area (Å²) in [5.74, 6) is -9.98. The predicted octanol–water partition coefficient (Wildman–Crippen LogP) is -0.513. The van der Waals surface area contributed by atoms with Gasteiger partial charge in [0.25, 0.3) is 0 Å². The van der Waals surface area contributed by atoms with E-state index in [0.29, 0.717) is 16.8 Å². The number of benzene rings is 2. The highest BCUT2D eigenvalue weighted by molar-refractivity contribution is 6.33. The Morgan fingerprint density at radius 1 is 1.09 bits per heavy atom. The Labute approximate surface area is 253 Å². The van der Waals surface area contributed by atoms with Gasteiger partial charge in [-0.25, -0.2) is 0 Å². The third-order valence-electron chi connectivity index (χ3n) is 9.38. The number of nitriles is 1. The Morgan fingerprint density at radius 3 is 2.27 bits per heavy atom. The van der Waals surface area contributed by atoms with Crippen molar-refractivity contribution in [3.8, 4) is 11.8 Å². The summed E-state index contributed by atoms with van der Waals surface area (Å²) in [6, 6.07) is 11.2. The molecular formula is C31H35N7O6. The number of hydrogen-bond donors (Lipinski definition) is 5. The van der Waals surface area contributed by atoms with Crippen LogP contribution in [0.3, 0.4) is 0 Å². The van der Waals surface area contributed by atoms with E-state index in [1.807, 2.05) is 30.3 Å². The molecule has 0 spiro atoms. The fourth-order valence-electron chi connectivity index (χ4n) is 7.60. The first-order chi connectivity index (χ1) is 20.6. The number of para-hydroxylation sites is 1. The Bertz CT molecular complexity index is 1670. The molecule has 5 rings (SSSR count). The Balaban J connectivity index is 1.71. The molecule has 2 unspecified atom stereocenters. The first-order valence-electron chi connectivity index (χ1n) is 14.0. The number of likely N-dealkylation sites (N-methyl/N-ethyl adjacent to an activating group) is 1. The number of hydrogen-bond acceptors (Lipinski definition) is 12. The van der Waals surface area contributed by atoms with Gasteiger partial charge in [0.05, 0.1) is 23.2 Å². The normalized spacial score (nSPS) is 31.1. The second kappa shape index (κ2) is 10.2. The van der Waals surface area contributed by atoms with Gasteiger partial charge in [-0.15, -0.1) is 0 Å². The number of phenolic OH excluding ortho intramolecular Hbond substituents is 1. The summed E-state index contributed by atoms with van der Waals surface area (Å²) in [5, 5.41) is 25.2. The van der Waals surface area contributed by atoms with Crippen molar-refractivity contribution in [3.05, 3.63) is 53.1 Å². The molecule has 1 amide bonds. The van der Waals surface area contributed by atoms with Gasteiger partial charge in [-0.2, -0.15) is 5.26 Å². The molecule has 0 aromatic heterocycles. The minimum atomic E-state index is -2.79. The maximum absolute atomic E-state index is 14.5. The number of primary amides is 1. The van der Waals surface area contributed by atoms with E-state index in [9.17, 15) is 34.3 Å². The van der Waals surface area contributed by atoms with Crippen LogP contribution in [0.1, 0.15) is 27.9 Å². The zero-order valence-electron chi connectivity index (χ0n) is 24.9. The number of ketones is 4. The molecule has 0 saturated heterocycles. The smallest absolute Gasteiger partial charge is 0.235 e. The molecule has 6 atom stereocenters. The van der Waals surface area contributed by atoms with E-state index in [1.54, 1.807) is 31.1 Å². The largest absolute Gasteiger partial charge is 0.507 e. The molecule has 0 bridgehead atoms. The third-order valence-corrected chi connectivity index (χ3v) is 9.38. The average molecular weight is 602 g/mol. The van der Waals surface area contributed by atoms with Crippen molar-refractivity contribution in [3.63, 3.8) is 0 Å². The molecule has 13 nitrogen and oxygen atoms in total. The number of fused-ring (bicyclic) bond motifs is 3. The van der Waals surface area contributed by atoms with Crippen LogP contribution in [0, 0.1) is 28.6 Å². The molecule has 2 aromatic carbocycles. The molecule has 230 valence electrons. The number of nitrogens with two attached hydrogens (primary N) is 3. The number of anilines is 2. The molecule has 2 saturated carbocycles. The molecule has 13 heteroatoms. The minimum absolute atomic E-state index is 0.128. The van der Waals surface area contributed by atoms with Crippen molar-refractivity contribution >= 4 is 40.4 Å². The van der Waals surface area contributed by atoms with Crippen LogP contribution in [0.2, 0.25) is 0 Å². The zero-order valence-corrected chi connectivity index (χ0v) is 24.9. The Kier molecular flexibility index (Phi) is 7.16. The number of aromatic hydroxyl groups is 1. The Hall–Kier alpha value is -4.64. The van der Waals surface area contributed by atoms with Crippen molar-refractivity contribution in [2.45, 2.75) is 36.5 Å². The maximum Gasteiger partial charge on any atom is 0.235 e. The van der Waals surface area contributed by atoms with E-state index < -0.39 is 69.8 Å². The lowest BCUT2D eigenvalue weighted by atomic mass is 9.42. The van der Waals surface area contributed by atoms with Crippen LogP contribution in [0.4, 0.5) is 11.4 Å². The lowest BCUT2D eigenvalue weighted by Crippen LogP contribution is -2.85. The summed E-state index contributed by atoms with van der Waals surface area (Å²) in [6.07, 6.45) is -0.605. The van der Waals surface area contributed by atoms with Crippen LogP contribution in [-0.4, -0.2) is 84.4 Å². The highest BCUT2D eigenvalue weighted by Crippen LogP contribution is 2.57. The van der Waals surface area contributed by atoms with E-state index in [0.717, 1.165) is 5.69 Å². The quantitative estimate of drug-likeness (QED) is 0.264. The van der Waals surface area contributed by atoms with E-state index >= 15 is 0 Å². The SMILES string of the molecule is CN(C)c1cc(CNc2ccccc2)c(O)c2c1C[C@@]1(N)C[C@@]3(N)[C@H](N(C)C)C(=O)C(C(N)=O)C(=O)[C@@]3(C#N)C(=O)C1C2=O. The van der Waals surface area contributed by atoms with E-state index in [1.165, 1.54) is 19.0 Å². The first kappa shape index (κ1) is 30.8. The fraction of sp³-hybridized carbons (Fsp3) is 0.419. The summed E-state index contributed by atoms with van der Waals surface area (Å²) >= 11 is 0. The van der Waals surface area contributed by atoms with Gasteiger partial charge in [0.2, 0.25) is 5.91 Å². The van der Waals surface area contributed by atoms with Crippen LogP contribution < -0.4 is 27.4 Å². The van der Waals surface area contributed by atoms with Crippen LogP contribution in [0.15, 0.2) is 36.4 Å². The number of nitrogens with one attached hydrogen (secondary N) is 1. The number of nitrogens with zero attached hydrogens (tertiary/aromatic N) is 3. The minimum Gasteiger partial charge on any atom is -0.507 e. The predicted molar refractivity (Wildman–Crippen MR) is 159 cm³/mol. The summed E-state index contributed by atoms with van der Waals surface area (Å²) in [7, 11) is 6.42. The summed E-state index contributed by atoms with van der Waals surface area (Å²) in [5.41, 5.74) is 14.4. The highest BCUT2D eigenvalue weighted by Gasteiger charge is 2.78. The van der Waals surface area contributed by atoms with Gasteiger partial charge in [0.1, 0.15) is 11.7 Å². The molecular weight excluding hydrogens is 566 g/mol. The molecule has 3 aliphatic carbocycles. The summed E-state index contributed by atoms with van der Waals surface area (Å²) in [6.45, 7) is 0.128. The monoisotopic (exact) mass is 601 g/mol. The molecule has 2 fully saturated rings. The van der Waals surface area contributed by atoms with Crippen LogP contribution in [0.25, 0.3) is 0 Å². The zero-order chi connectivity index (χ0) is 32.5. The van der Waals surface area contributed by atoms with Gasteiger partial charge in [0, 0.05) is 43.1 Å². The van der Waals surface area contributed by atoms with E-state index in [2.05, 4.69) is 5.32 Å². The number of phenols is 1.